The molecule has 2 N–H and O–H groups in total. The van der Waals surface area contributed by atoms with E-state index >= 15 is 0 Å². The van der Waals surface area contributed by atoms with E-state index < -0.39 is 5.91 Å². The highest BCUT2D eigenvalue weighted by molar-refractivity contribution is 7.14. The number of halogens is 1. The molecule has 16 heavy (non-hydrogen) atoms. The Morgan fingerprint density at radius 3 is 2.94 bits per heavy atom. The zero-order chi connectivity index (χ0) is 11.5. The molecule has 2 rings (SSSR count). The van der Waals surface area contributed by atoms with Gasteiger partial charge in [-0.05, 0) is 18.2 Å². The van der Waals surface area contributed by atoms with E-state index in [1.807, 2.05) is 0 Å². The number of hydrogen-bond acceptors (Lipinski definition) is 4. The van der Waals surface area contributed by atoms with Gasteiger partial charge >= 0.3 is 0 Å². The predicted octanol–water partition coefficient (Wildman–Crippen LogP) is 2.75. The zero-order valence-corrected chi connectivity index (χ0v) is 9.55. The number of carbonyl (C=O) groups is 1. The van der Waals surface area contributed by atoms with Gasteiger partial charge in [0.1, 0.15) is 10.8 Å². The van der Waals surface area contributed by atoms with Gasteiger partial charge in [0.15, 0.2) is 0 Å². The molecule has 0 aliphatic rings. The first-order chi connectivity index (χ1) is 7.66. The van der Waals surface area contributed by atoms with Crippen LogP contribution < -0.4 is 5.32 Å². The molecule has 4 nitrogen and oxygen atoms in total. The monoisotopic (exact) mass is 254 g/mol. The number of nitrogens with zero attached hydrogens (tertiary/aromatic N) is 1. The molecule has 1 amide bonds. The zero-order valence-electron chi connectivity index (χ0n) is 7.98. The van der Waals surface area contributed by atoms with Crippen molar-refractivity contribution in [1.29, 1.82) is 0 Å². The van der Waals surface area contributed by atoms with Crippen LogP contribution in [0.1, 0.15) is 10.4 Å². The van der Waals surface area contributed by atoms with Crippen LogP contribution >= 0.6 is 22.9 Å². The molecular weight excluding hydrogens is 248 g/mol. The number of phenols is 1. The summed E-state index contributed by atoms with van der Waals surface area (Å²) in [6.07, 6.45) is 1.54. The normalized spacial score (nSPS) is 10.1. The van der Waals surface area contributed by atoms with Crippen molar-refractivity contribution >= 4 is 33.8 Å². The Labute approximate surface area is 101 Å². The van der Waals surface area contributed by atoms with Crippen molar-refractivity contribution in [2.24, 2.45) is 0 Å². The number of amides is 1. The first-order valence-electron chi connectivity index (χ1n) is 4.35. The SMILES string of the molecule is O=C(Nc1cncs1)c1ccc(Cl)cc1O. The molecule has 0 aliphatic heterocycles. The number of thiazole rings is 1. The van der Waals surface area contributed by atoms with Crippen LogP contribution in [-0.2, 0) is 0 Å². The average Bonchev–Trinajstić information content (AvgIpc) is 2.70. The summed E-state index contributed by atoms with van der Waals surface area (Å²) in [7, 11) is 0. The Balaban J connectivity index is 2.21. The summed E-state index contributed by atoms with van der Waals surface area (Å²) in [5.41, 5.74) is 1.79. The highest BCUT2D eigenvalue weighted by Gasteiger charge is 2.11. The first-order valence-corrected chi connectivity index (χ1v) is 5.61. The molecular formula is C10H7ClN2O2S. The Morgan fingerprint density at radius 1 is 1.50 bits per heavy atom. The third kappa shape index (κ3) is 2.32. The summed E-state index contributed by atoms with van der Waals surface area (Å²) >= 11 is 6.97. The van der Waals surface area contributed by atoms with Crippen molar-refractivity contribution in [3.63, 3.8) is 0 Å². The lowest BCUT2D eigenvalue weighted by molar-refractivity contribution is 0.102. The van der Waals surface area contributed by atoms with Gasteiger partial charge in [-0.15, -0.1) is 11.3 Å². The molecule has 1 aromatic carbocycles. The van der Waals surface area contributed by atoms with Gasteiger partial charge in [-0.1, -0.05) is 11.6 Å². The van der Waals surface area contributed by atoms with Crippen molar-refractivity contribution in [1.82, 2.24) is 4.98 Å². The van der Waals surface area contributed by atoms with Crippen LogP contribution in [0.15, 0.2) is 29.9 Å². The number of benzene rings is 1. The topological polar surface area (TPSA) is 62.2 Å². The van der Waals surface area contributed by atoms with E-state index in [4.69, 9.17) is 11.6 Å². The van der Waals surface area contributed by atoms with E-state index in [2.05, 4.69) is 10.3 Å². The number of nitrogens with one attached hydrogen (secondary N) is 1. The molecule has 82 valence electrons. The van der Waals surface area contributed by atoms with Gasteiger partial charge in [-0.25, -0.2) is 0 Å². The summed E-state index contributed by atoms with van der Waals surface area (Å²) in [5.74, 6) is -0.534. The minimum absolute atomic E-state index is 0.144. The maximum absolute atomic E-state index is 11.7. The van der Waals surface area contributed by atoms with Crippen molar-refractivity contribution in [2.45, 2.75) is 0 Å². The standard InChI is InChI=1S/C10H7ClN2O2S/c11-6-1-2-7(8(14)3-6)10(15)13-9-4-12-5-16-9/h1-5,14H,(H,13,15). The van der Waals surface area contributed by atoms with Gasteiger partial charge < -0.3 is 10.4 Å². The van der Waals surface area contributed by atoms with Crippen molar-refractivity contribution in [3.05, 3.63) is 40.5 Å². The van der Waals surface area contributed by atoms with Crippen LogP contribution in [0, 0.1) is 0 Å². The van der Waals surface area contributed by atoms with Gasteiger partial charge in [-0.2, -0.15) is 0 Å². The quantitative estimate of drug-likeness (QED) is 0.866. The molecule has 0 spiro atoms. The Morgan fingerprint density at radius 2 is 2.31 bits per heavy atom. The third-order valence-electron chi connectivity index (χ3n) is 1.87. The Hall–Kier alpha value is -1.59. The number of carbonyl (C=O) groups excluding carboxylic acids is 1. The number of hydrogen-bond donors (Lipinski definition) is 2. The van der Waals surface area contributed by atoms with Gasteiger partial charge in [-0.3, -0.25) is 9.78 Å². The molecule has 1 heterocycles. The van der Waals surface area contributed by atoms with Gasteiger partial charge in [0.2, 0.25) is 0 Å². The van der Waals surface area contributed by atoms with Gasteiger partial charge in [0.25, 0.3) is 5.91 Å². The molecule has 0 bridgehead atoms. The lowest BCUT2D eigenvalue weighted by atomic mass is 10.2. The highest BCUT2D eigenvalue weighted by atomic mass is 35.5. The number of aromatic hydroxyl groups is 1. The number of anilines is 1. The highest BCUT2D eigenvalue weighted by Crippen LogP contribution is 2.23. The minimum atomic E-state index is -0.390. The molecule has 0 unspecified atom stereocenters. The van der Waals surface area contributed by atoms with Gasteiger partial charge in [0, 0.05) is 5.02 Å². The number of rotatable bonds is 2. The maximum Gasteiger partial charge on any atom is 0.260 e. The third-order valence-corrected chi connectivity index (χ3v) is 2.80. The molecule has 0 atom stereocenters. The average molecular weight is 255 g/mol. The molecule has 0 saturated carbocycles. The molecule has 0 aliphatic carbocycles. The summed E-state index contributed by atoms with van der Waals surface area (Å²) in [6.45, 7) is 0. The van der Waals surface area contributed by atoms with Crippen molar-refractivity contribution in [3.8, 4) is 5.75 Å². The van der Waals surface area contributed by atoms with E-state index in [0.717, 1.165) is 0 Å². The Bertz CT molecular complexity index is 514. The van der Waals surface area contributed by atoms with E-state index in [9.17, 15) is 9.90 Å². The molecule has 0 fully saturated rings. The number of phenolic OH excluding ortho intramolecular Hbond substituents is 1. The Kier molecular flexibility index (Phi) is 3.07. The fourth-order valence-corrected chi connectivity index (χ4v) is 1.83. The predicted molar refractivity (Wildman–Crippen MR) is 63.2 cm³/mol. The van der Waals surface area contributed by atoms with Crippen LogP contribution in [0.4, 0.5) is 5.00 Å². The fraction of sp³-hybridized carbons (Fsp3) is 0. The summed E-state index contributed by atoms with van der Waals surface area (Å²) in [6, 6.07) is 4.33. The number of aromatic nitrogens is 1. The maximum atomic E-state index is 11.7. The molecule has 0 radical (unpaired) electrons. The van der Waals surface area contributed by atoms with Crippen molar-refractivity contribution in [2.75, 3.05) is 5.32 Å². The smallest absolute Gasteiger partial charge is 0.260 e. The largest absolute Gasteiger partial charge is 0.507 e. The lowest BCUT2D eigenvalue weighted by Gasteiger charge is -2.04. The van der Waals surface area contributed by atoms with Gasteiger partial charge in [0.05, 0.1) is 17.3 Å². The van der Waals surface area contributed by atoms with Crippen LogP contribution in [0.3, 0.4) is 0 Å². The molecule has 1 aromatic heterocycles. The van der Waals surface area contributed by atoms with E-state index in [1.165, 1.54) is 29.7 Å². The van der Waals surface area contributed by atoms with Crippen LogP contribution in [0.2, 0.25) is 5.02 Å². The van der Waals surface area contributed by atoms with Crippen LogP contribution in [0.5, 0.6) is 5.75 Å². The molecule has 6 heteroatoms. The molecule has 0 saturated heterocycles. The summed E-state index contributed by atoms with van der Waals surface area (Å²) in [4.78, 5) is 15.5. The lowest BCUT2D eigenvalue weighted by Crippen LogP contribution is -2.10. The van der Waals surface area contributed by atoms with Crippen molar-refractivity contribution < 1.29 is 9.90 Å². The second-order valence-corrected chi connectivity index (χ2v) is 4.30. The first kappa shape index (κ1) is 10.9. The summed E-state index contributed by atoms with van der Waals surface area (Å²) in [5, 5.41) is 13.2. The second kappa shape index (κ2) is 4.51. The molecule has 2 aromatic rings. The van der Waals surface area contributed by atoms with E-state index in [-0.39, 0.29) is 11.3 Å². The van der Waals surface area contributed by atoms with E-state index in [1.54, 1.807) is 11.6 Å². The van der Waals surface area contributed by atoms with E-state index in [0.29, 0.717) is 10.0 Å². The minimum Gasteiger partial charge on any atom is -0.507 e. The van der Waals surface area contributed by atoms with Crippen LogP contribution in [-0.4, -0.2) is 16.0 Å². The summed E-state index contributed by atoms with van der Waals surface area (Å²) < 4.78 is 0. The fourth-order valence-electron chi connectivity index (χ4n) is 1.15. The second-order valence-electron chi connectivity index (χ2n) is 2.98. The van der Waals surface area contributed by atoms with Crippen LogP contribution in [0.25, 0.3) is 0 Å².